The van der Waals surface area contributed by atoms with E-state index in [0.29, 0.717) is 11.6 Å². The summed E-state index contributed by atoms with van der Waals surface area (Å²) in [6, 6.07) is 9.28. The summed E-state index contributed by atoms with van der Waals surface area (Å²) in [5.41, 5.74) is 1.38. The Kier molecular flexibility index (Phi) is 3.29. The molecule has 2 rings (SSSR count). The van der Waals surface area contributed by atoms with Crippen molar-refractivity contribution in [2.45, 2.75) is 31.8 Å². The summed E-state index contributed by atoms with van der Waals surface area (Å²) in [6.45, 7) is 1.82. The van der Waals surface area contributed by atoms with Gasteiger partial charge in [0.15, 0.2) is 0 Å². The third kappa shape index (κ3) is 3.22. The number of nitrogens with one attached hydrogen (secondary N) is 2. The van der Waals surface area contributed by atoms with Crippen LogP contribution in [0.5, 0.6) is 0 Å². The van der Waals surface area contributed by atoms with E-state index in [4.69, 9.17) is 5.26 Å². The maximum atomic E-state index is 11.7. The Bertz CT molecular complexity index is 460. The Labute approximate surface area is 101 Å². The molecular formula is C13H15N3O. The first-order valence-electron chi connectivity index (χ1n) is 5.76. The number of benzene rings is 1. The Morgan fingerprint density at radius 2 is 2.29 bits per heavy atom. The van der Waals surface area contributed by atoms with Crippen LogP contribution in [0.25, 0.3) is 0 Å². The third-order valence-corrected chi connectivity index (χ3v) is 2.69. The molecular weight excluding hydrogens is 214 g/mol. The molecule has 4 heteroatoms. The minimum absolute atomic E-state index is 0.00913. The lowest BCUT2D eigenvalue weighted by Crippen LogP contribution is -2.38. The van der Waals surface area contributed by atoms with Crippen LogP contribution in [0.3, 0.4) is 0 Å². The number of hydrogen-bond donors (Lipinski definition) is 2. The molecule has 1 unspecified atom stereocenters. The van der Waals surface area contributed by atoms with Crippen molar-refractivity contribution in [3.05, 3.63) is 29.8 Å². The number of nitrogens with zero attached hydrogens (tertiary/aromatic N) is 1. The molecule has 4 nitrogen and oxygen atoms in total. The second-order valence-electron chi connectivity index (χ2n) is 4.34. The molecule has 1 amide bonds. The Hall–Kier alpha value is -2.02. The highest BCUT2D eigenvalue weighted by molar-refractivity contribution is 5.84. The lowest BCUT2D eigenvalue weighted by atomic mass is 10.2. The zero-order chi connectivity index (χ0) is 12.3. The Morgan fingerprint density at radius 1 is 1.53 bits per heavy atom. The van der Waals surface area contributed by atoms with Crippen LogP contribution in [-0.4, -0.2) is 18.0 Å². The predicted octanol–water partition coefficient (Wildman–Crippen LogP) is 1.64. The van der Waals surface area contributed by atoms with Gasteiger partial charge in [-0.1, -0.05) is 6.07 Å². The number of amides is 1. The number of anilines is 1. The number of nitriles is 1. The molecule has 1 saturated carbocycles. The van der Waals surface area contributed by atoms with Gasteiger partial charge in [0.25, 0.3) is 0 Å². The average Bonchev–Trinajstić information content (AvgIpc) is 3.13. The molecule has 2 N–H and O–H groups in total. The molecule has 0 saturated heterocycles. The van der Waals surface area contributed by atoms with Gasteiger partial charge in [-0.15, -0.1) is 0 Å². The van der Waals surface area contributed by atoms with E-state index < -0.39 is 0 Å². The van der Waals surface area contributed by atoms with Gasteiger partial charge in [-0.3, -0.25) is 4.79 Å². The van der Waals surface area contributed by atoms with Crippen molar-refractivity contribution < 1.29 is 4.79 Å². The minimum Gasteiger partial charge on any atom is -0.374 e. The molecule has 1 aromatic carbocycles. The Morgan fingerprint density at radius 3 is 2.94 bits per heavy atom. The largest absolute Gasteiger partial charge is 0.374 e. The van der Waals surface area contributed by atoms with Gasteiger partial charge in [0.05, 0.1) is 11.6 Å². The van der Waals surface area contributed by atoms with Gasteiger partial charge in [0.1, 0.15) is 6.04 Å². The lowest BCUT2D eigenvalue weighted by molar-refractivity contribution is -0.121. The first-order chi connectivity index (χ1) is 8.19. The third-order valence-electron chi connectivity index (χ3n) is 2.69. The highest BCUT2D eigenvalue weighted by Crippen LogP contribution is 2.19. The maximum Gasteiger partial charge on any atom is 0.242 e. The van der Waals surface area contributed by atoms with Crippen molar-refractivity contribution in [3.63, 3.8) is 0 Å². The van der Waals surface area contributed by atoms with Crippen molar-refractivity contribution in [2.75, 3.05) is 5.32 Å². The smallest absolute Gasteiger partial charge is 0.242 e. The van der Waals surface area contributed by atoms with E-state index in [2.05, 4.69) is 16.7 Å². The molecule has 0 aliphatic heterocycles. The summed E-state index contributed by atoms with van der Waals surface area (Å²) >= 11 is 0. The SMILES string of the molecule is CC(Nc1cccc(C#N)c1)C(=O)NC1CC1. The monoisotopic (exact) mass is 229 g/mol. The summed E-state index contributed by atoms with van der Waals surface area (Å²) in [7, 11) is 0. The van der Waals surface area contributed by atoms with Crippen molar-refractivity contribution in [2.24, 2.45) is 0 Å². The molecule has 1 atom stereocenters. The summed E-state index contributed by atoms with van der Waals surface area (Å²) in [5.74, 6) is 0.00913. The van der Waals surface area contributed by atoms with E-state index in [1.54, 1.807) is 18.2 Å². The van der Waals surface area contributed by atoms with Gasteiger partial charge in [0.2, 0.25) is 5.91 Å². The second kappa shape index (κ2) is 4.88. The van der Waals surface area contributed by atoms with E-state index in [1.165, 1.54) is 0 Å². The summed E-state index contributed by atoms with van der Waals surface area (Å²) in [4.78, 5) is 11.7. The van der Waals surface area contributed by atoms with Crippen LogP contribution in [0, 0.1) is 11.3 Å². The first kappa shape index (κ1) is 11.5. The van der Waals surface area contributed by atoms with Crippen LogP contribution in [0.15, 0.2) is 24.3 Å². The van der Waals surface area contributed by atoms with E-state index >= 15 is 0 Å². The zero-order valence-electron chi connectivity index (χ0n) is 9.73. The van der Waals surface area contributed by atoms with Crippen molar-refractivity contribution in [3.8, 4) is 6.07 Å². The van der Waals surface area contributed by atoms with E-state index in [1.807, 2.05) is 13.0 Å². The van der Waals surface area contributed by atoms with Crippen LogP contribution in [0.2, 0.25) is 0 Å². The number of carbonyl (C=O) groups is 1. The quantitative estimate of drug-likeness (QED) is 0.824. The summed E-state index contributed by atoms with van der Waals surface area (Å²) in [6.07, 6.45) is 2.17. The molecule has 1 fully saturated rings. The fourth-order valence-electron chi connectivity index (χ4n) is 1.55. The zero-order valence-corrected chi connectivity index (χ0v) is 9.73. The molecule has 0 aromatic heterocycles. The molecule has 1 aliphatic carbocycles. The minimum atomic E-state index is -0.287. The topological polar surface area (TPSA) is 64.9 Å². The van der Waals surface area contributed by atoms with Crippen LogP contribution in [-0.2, 0) is 4.79 Å². The molecule has 88 valence electrons. The van der Waals surface area contributed by atoms with Gasteiger partial charge in [0, 0.05) is 11.7 Å². The fraction of sp³-hybridized carbons (Fsp3) is 0.385. The normalized spacial score (nSPS) is 15.8. The standard InChI is InChI=1S/C13H15N3O/c1-9(13(17)16-11-5-6-11)15-12-4-2-3-10(7-12)8-14/h2-4,7,9,11,15H,5-6H2,1H3,(H,16,17). The van der Waals surface area contributed by atoms with Gasteiger partial charge < -0.3 is 10.6 Å². The van der Waals surface area contributed by atoms with E-state index in [9.17, 15) is 4.79 Å². The molecule has 0 heterocycles. The lowest BCUT2D eigenvalue weighted by Gasteiger charge is -2.15. The van der Waals surface area contributed by atoms with Crippen LogP contribution < -0.4 is 10.6 Å². The van der Waals surface area contributed by atoms with Gasteiger partial charge in [-0.25, -0.2) is 0 Å². The van der Waals surface area contributed by atoms with Crippen molar-refractivity contribution >= 4 is 11.6 Å². The van der Waals surface area contributed by atoms with Crippen LogP contribution in [0.1, 0.15) is 25.3 Å². The van der Waals surface area contributed by atoms with Crippen LogP contribution in [0.4, 0.5) is 5.69 Å². The maximum absolute atomic E-state index is 11.7. The molecule has 0 bridgehead atoms. The molecule has 1 aromatic rings. The molecule has 0 radical (unpaired) electrons. The number of carbonyl (C=O) groups excluding carboxylic acids is 1. The highest BCUT2D eigenvalue weighted by Gasteiger charge is 2.25. The predicted molar refractivity (Wildman–Crippen MR) is 65.4 cm³/mol. The van der Waals surface area contributed by atoms with Crippen molar-refractivity contribution in [1.29, 1.82) is 5.26 Å². The van der Waals surface area contributed by atoms with E-state index in [0.717, 1.165) is 18.5 Å². The van der Waals surface area contributed by atoms with Crippen molar-refractivity contribution in [1.82, 2.24) is 5.32 Å². The molecule has 1 aliphatic rings. The van der Waals surface area contributed by atoms with E-state index in [-0.39, 0.29) is 11.9 Å². The van der Waals surface area contributed by atoms with Crippen LogP contribution >= 0.6 is 0 Å². The Balaban J connectivity index is 1.94. The second-order valence-corrected chi connectivity index (χ2v) is 4.34. The fourth-order valence-corrected chi connectivity index (χ4v) is 1.55. The summed E-state index contributed by atoms with van der Waals surface area (Å²) in [5, 5.41) is 14.8. The number of hydrogen-bond acceptors (Lipinski definition) is 3. The van der Waals surface area contributed by atoms with Gasteiger partial charge in [-0.2, -0.15) is 5.26 Å². The molecule has 17 heavy (non-hydrogen) atoms. The van der Waals surface area contributed by atoms with Gasteiger partial charge >= 0.3 is 0 Å². The number of rotatable bonds is 4. The molecule has 0 spiro atoms. The summed E-state index contributed by atoms with van der Waals surface area (Å²) < 4.78 is 0. The first-order valence-corrected chi connectivity index (χ1v) is 5.76. The average molecular weight is 229 g/mol. The van der Waals surface area contributed by atoms with Gasteiger partial charge in [-0.05, 0) is 38.0 Å². The highest BCUT2D eigenvalue weighted by atomic mass is 16.2.